The van der Waals surface area contributed by atoms with Gasteiger partial charge in [0.1, 0.15) is 12.1 Å². The van der Waals surface area contributed by atoms with Gasteiger partial charge in [-0.1, -0.05) is 6.58 Å². The summed E-state index contributed by atoms with van der Waals surface area (Å²) in [5, 5.41) is 0. The molecule has 0 radical (unpaired) electrons. The summed E-state index contributed by atoms with van der Waals surface area (Å²) in [7, 11) is 0. The Bertz CT molecular complexity index is 347. The Morgan fingerprint density at radius 2 is 2.38 bits per heavy atom. The molecule has 1 saturated heterocycles. The molecule has 4 nitrogen and oxygen atoms in total. The zero-order valence-electron chi connectivity index (χ0n) is 7.10. The Morgan fingerprint density at radius 1 is 1.54 bits per heavy atom. The number of hydrogen-bond acceptors (Lipinski definition) is 3. The van der Waals surface area contributed by atoms with Gasteiger partial charge in [-0.3, -0.25) is 9.69 Å². The molecule has 1 aliphatic rings. The van der Waals surface area contributed by atoms with E-state index in [1.54, 1.807) is 17.2 Å². The first-order chi connectivity index (χ1) is 6.27. The summed E-state index contributed by atoms with van der Waals surface area (Å²) in [6.45, 7) is 4.35. The maximum atomic E-state index is 11.4. The minimum absolute atomic E-state index is 0.0590. The van der Waals surface area contributed by atoms with Crippen LogP contribution in [0.3, 0.4) is 0 Å². The third kappa shape index (κ3) is 1.42. The molecule has 1 aliphatic heterocycles. The predicted molar refractivity (Wildman–Crippen MR) is 48.1 cm³/mol. The van der Waals surface area contributed by atoms with Crippen molar-refractivity contribution in [1.29, 1.82) is 0 Å². The smallest absolute Gasteiger partial charge is 0.232 e. The first-order valence-corrected chi connectivity index (χ1v) is 4.00. The zero-order valence-corrected chi connectivity index (χ0v) is 7.10. The van der Waals surface area contributed by atoms with Gasteiger partial charge >= 0.3 is 0 Å². The number of aromatic nitrogens is 2. The van der Waals surface area contributed by atoms with Gasteiger partial charge in [0.05, 0.1) is 0 Å². The van der Waals surface area contributed by atoms with Crippen LogP contribution >= 0.6 is 0 Å². The van der Waals surface area contributed by atoms with Gasteiger partial charge in [-0.05, 0) is 11.6 Å². The molecule has 2 heterocycles. The highest BCUT2D eigenvalue weighted by Crippen LogP contribution is 2.20. The Kier molecular flexibility index (Phi) is 1.81. The topological polar surface area (TPSA) is 46.1 Å². The van der Waals surface area contributed by atoms with Gasteiger partial charge in [-0.25, -0.2) is 9.97 Å². The monoisotopic (exact) mass is 175 g/mol. The number of hydrogen-bond donors (Lipinski definition) is 0. The third-order valence-corrected chi connectivity index (χ3v) is 1.93. The van der Waals surface area contributed by atoms with Crippen LogP contribution in [0.1, 0.15) is 6.42 Å². The molecule has 0 aliphatic carbocycles. The van der Waals surface area contributed by atoms with Gasteiger partial charge in [-0.15, -0.1) is 0 Å². The van der Waals surface area contributed by atoms with Gasteiger partial charge < -0.3 is 0 Å². The van der Waals surface area contributed by atoms with Crippen LogP contribution in [0.15, 0.2) is 30.7 Å². The number of rotatable bonds is 1. The molecule has 1 fully saturated rings. The van der Waals surface area contributed by atoms with Crippen molar-refractivity contribution in [2.75, 3.05) is 11.4 Å². The molecule has 0 unspecified atom stereocenters. The number of nitrogens with zero attached hydrogens (tertiary/aromatic N) is 3. The molecule has 0 N–H and O–H groups in total. The fraction of sp³-hybridized carbons (Fsp3) is 0.222. The Balaban J connectivity index is 2.28. The lowest BCUT2D eigenvalue weighted by molar-refractivity contribution is -0.116. The van der Waals surface area contributed by atoms with Crippen LogP contribution in [-0.2, 0) is 4.79 Å². The fourth-order valence-electron chi connectivity index (χ4n) is 1.33. The minimum Gasteiger partial charge on any atom is -0.292 e. The van der Waals surface area contributed by atoms with E-state index in [1.165, 1.54) is 6.33 Å². The van der Waals surface area contributed by atoms with E-state index in [-0.39, 0.29) is 5.91 Å². The Morgan fingerprint density at radius 3 is 2.92 bits per heavy atom. The SMILES string of the molecule is C=C1CC(=O)N(c2ccncn2)C1. The third-order valence-electron chi connectivity index (χ3n) is 1.93. The molecule has 1 aromatic heterocycles. The molecule has 0 saturated carbocycles. The van der Waals surface area contributed by atoms with Gasteiger partial charge in [0, 0.05) is 19.2 Å². The summed E-state index contributed by atoms with van der Waals surface area (Å²) in [6.07, 6.45) is 3.49. The van der Waals surface area contributed by atoms with Crippen LogP contribution in [0.25, 0.3) is 0 Å². The Hall–Kier alpha value is -1.71. The van der Waals surface area contributed by atoms with Crippen LogP contribution in [0.2, 0.25) is 0 Å². The van der Waals surface area contributed by atoms with Crippen molar-refractivity contribution in [2.45, 2.75) is 6.42 Å². The summed E-state index contributed by atoms with van der Waals surface area (Å²) in [4.78, 5) is 20.8. The molecular formula is C9H9N3O. The quantitative estimate of drug-likeness (QED) is 0.592. The van der Waals surface area contributed by atoms with Crippen LogP contribution in [0.4, 0.5) is 5.82 Å². The van der Waals surface area contributed by atoms with E-state index < -0.39 is 0 Å². The number of amides is 1. The summed E-state index contributed by atoms with van der Waals surface area (Å²) in [5.41, 5.74) is 0.934. The number of carbonyl (C=O) groups excluding carboxylic acids is 1. The molecule has 0 atom stereocenters. The molecular weight excluding hydrogens is 166 g/mol. The highest BCUT2D eigenvalue weighted by molar-refractivity contribution is 5.97. The molecule has 4 heteroatoms. The summed E-state index contributed by atoms with van der Waals surface area (Å²) in [5.74, 6) is 0.711. The van der Waals surface area contributed by atoms with Crippen molar-refractivity contribution in [3.8, 4) is 0 Å². The first kappa shape index (κ1) is 7.91. The summed E-state index contributed by atoms with van der Waals surface area (Å²) in [6, 6.07) is 1.72. The van der Waals surface area contributed by atoms with E-state index in [4.69, 9.17) is 0 Å². The average molecular weight is 175 g/mol. The van der Waals surface area contributed by atoms with E-state index in [9.17, 15) is 4.79 Å². The molecule has 66 valence electrons. The van der Waals surface area contributed by atoms with Crippen LogP contribution < -0.4 is 4.90 Å². The van der Waals surface area contributed by atoms with Crippen molar-refractivity contribution in [3.05, 3.63) is 30.7 Å². The van der Waals surface area contributed by atoms with Crippen LogP contribution in [0, 0.1) is 0 Å². The van der Waals surface area contributed by atoms with Gasteiger partial charge in [0.15, 0.2) is 0 Å². The Labute approximate surface area is 75.9 Å². The van der Waals surface area contributed by atoms with E-state index in [1.807, 2.05) is 0 Å². The largest absolute Gasteiger partial charge is 0.292 e. The lowest BCUT2D eigenvalue weighted by atomic mass is 10.3. The number of carbonyl (C=O) groups is 1. The number of anilines is 1. The van der Waals surface area contributed by atoms with Crippen molar-refractivity contribution >= 4 is 11.7 Å². The van der Waals surface area contributed by atoms with Gasteiger partial charge in [-0.2, -0.15) is 0 Å². The lowest BCUT2D eigenvalue weighted by Gasteiger charge is -2.12. The molecule has 0 spiro atoms. The second-order valence-electron chi connectivity index (χ2n) is 2.97. The van der Waals surface area contributed by atoms with Crippen molar-refractivity contribution in [3.63, 3.8) is 0 Å². The minimum atomic E-state index is 0.0590. The fourth-order valence-corrected chi connectivity index (χ4v) is 1.33. The molecule has 2 rings (SSSR count). The highest BCUT2D eigenvalue weighted by atomic mass is 16.2. The molecule has 1 amide bonds. The lowest BCUT2D eigenvalue weighted by Crippen LogP contribution is -2.24. The first-order valence-electron chi connectivity index (χ1n) is 4.00. The van der Waals surface area contributed by atoms with Crippen molar-refractivity contribution in [1.82, 2.24) is 9.97 Å². The normalized spacial score (nSPS) is 16.8. The second kappa shape index (κ2) is 2.97. The molecule has 1 aromatic rings. The van der Waals surface area contributed by atoms with Gasteiger partial charge in [0.25, 0.3) is 0 Å². The molecule has 0 aromatic carbocycles. The maximum absolute atomic E-state index is 11.4. The average Bonchev–Trinajstić information content (AvgIpc) is 2.47. The van der Waals surface area contributed by atoms with E-state index in [0.29, 0.717) is 18.8 Å². The highest BCUT2D eigenvalue weighted by Gasteiger charge is 2.25. The predicted octanol–water partition coefficient (Wildman–Crippen LogP) is 0.769. The van der Waals surface area contributed by atoms with Crippen LogP contribution in [-0.4, -0.2) is 22.4 Å². The molecule has 13 heavy (non-hydrogen) atoms. The van der Waals surface area contributed by atoms with E-state index >= 15 is 0 Å². The molecule has 0 bridgehead atoms. The zero-order chi connectivity index (χ0) is 9.26. The maximum Gasteiger partial charge on any atom is 0.232 e. The van der Waals surface area contributed by atoms with Crippen LogP contribution in [0.5, 0.6) is 0 Å². The summed E-state index contributed by atoms with van der Waals surface area (Å²) < 4.78 is 0. The van der Waals surface area contributed by atoms with E-state index in [2.05, 4.69) is 16.5 Å². The van der Waals surface area contributed by atoms with Crippen molar-refractivity contribution < 1.29 is 4.79 Å². The second-order valence-corrected chi connectivity index (χ2v) is 2.97. The van der Waals surface area contributed by atoms with Gasteiger partial charge in [0.2, 0.25) is 5.91 Å². The standard InChI is InChI=1S/C9H9N3O/c1-7-4-9(13)12(5-7)8-2-3-10-6-11-8/h2-3,6H,1,4-5H2. The van der Waals surface area contributed by atoms with E-state index in [0.717, 1.165) is 5.57 Å². The summed E-state index contributed by atoms with van der Waals surface area (Å²) >= 11 is 0. The van der Waals surface area contributed by atoms with Crippen molar-refractivity contribution in [2.24, 2.45) is 0 Å².